The van der Waals surface area contributed by atoms with Crippen molar-refractivity contribution in [1.29, 1.82) is 0 Å². The molecule has 1 amide bonds. The molecule has 1 fully saturated rings. The zero-order valence-corrected chi connectivity index (χ0v) is 11.8. The van der Waals surface area contributed by atoms with Crippen LogP contribution in [0.1, 0.15) is 46.8 Å². The van der Waals surface area contributed by atoms with E-state index in [4.69, 9.17) is 9.84 Å². The molecule has 2 rings (SSSR count). The monoisotopic (exact) mass is 278 g/mol. The molecule has 6 heteroatoms. The first-order chi connectivity index (χ1) is 9.33. The Morgan fingerprint density at radius 1 is 1.50 bits per heavy atom. The molecule has 0 bridgehead atoms. The van der Waals surface area contributed by atoms with Crippen LogP contribution >= 0.6 is 0 Å². The van der Waals surface area contributed by atoms with Crippen LogP contribution in [-0.4, -0.2) is 40.2 Å². The first kappa shape index (κ1) is 14.5. The number of nitrogens with zero attached hydrogens (tertiary/aromatic N) is 1. The van der Waals surface area contributed by atoms with E-state index in [1.165, 1.54) is 12.1 Å². The van der Waals surface area contributed by atoms with Crippen LogP contribution in [0.5, 0.6) is 0 Å². The molecule has 1 aliphatic rings. The second kappa shape index (κ2) is 5.20. The van der Waals surface area contributed by atoms with Gasteiger partial charge in [-0.3, -0.25) is 4.79 Å². The molecule has 1 saturated heterocycles. The molecule has 108 valence electrons. The molecule has 2 N–H and O–H groups in total. The van der Waals surface area contributed by atoms with Crippen LogP contribution in [0, 0.1) is 6.92 Å². The van der Waals surface area contributed by atoms with Crippen molar-refractivity contribution in [3.63, 3.8) is 0 Å². The summed E-state index contributed by atoms with van der Waals surface area (Å²) in [6.45, 7) is 6.03. The highest BCUT2D eigenvalue weighted by Gasteiger charge is 2.38. The van der Waals surface area contributed by atoms with Crippen LogP contribution in [0.4, 0.5) is 0 Å². The van der Waals surface area contributed by atoms with Gasteiger partial charge >= 0.3 is 5.97 Å². The minimum Gasteiger partial charge on any atom is -0.478 e. The van der Waals surface area contributed by atoms with Crippen LogP contribution in [-0.2, 0) is 4.74 Å². The van der Waals surface area contributed by atoms with Gasteiger partial charge in [0.25, 0.3) is 5.91 Å². The Morgan fingerprint density at radius 3 is 2.70 bits per heavy atom. The third-order valence-corrected chi connectivity index (χ3v) is 3.83. The molecule has 20 heavy (non-hydrogen) atoms. The predicted octanol–water partition coefficient (Wildman–Crippen LogP) is 1.39. The van der Waals surface area contributed by atoms with Crippen molar-refractivity contribution in [3.05, 3.63) is 29.1 Å². The van der Waals surface area contributed by atoms with Crippen molar-refractivity contribution >= 4 is 11.9 Å². The number of carboxylic acids is 1. The number of hydrogen-bond acceptors (Lipinski definition) is 4. The average Bonchev–Trinajstić information content (AvgIpc) is 2.68. The summed E-state index contributed by atoms with van der Waals surface area (Å²) in [5, 5.41) is 11.9. The quantitative estimate of drug-likeness (QED) is 0.872. The second-order valence-corrected chi connectivity index (χ2v) is 5.27. The Hall–Kier alpha value is -1.95. The van der Waals surface area contributed by atoms with Gasteiger partial charge in [-0.25, -0.2) is 9.78 Å². The minimum absolute atomic E-state index is 0.0640. The highest BCUT2D eigenvalue weighted by atomic mass is 16.5. The summed E-state index contributed by atoms with van der Waals surface area (Å²) >= 11 is 0. The average molecular weight is 278 g/mol. The summed E-state index contributed by atoms with van der Waals surface area (Å²) in [6, 6.07) is 2.83. The normalized spacial score (nSPS) is 25.4. The van der Waals surface area contributed by atoms with Gasteiger partial charge < -0.3 is 15.2 Å². The van der Waals surface area contributed by atoms with Crippen LogP contribution in [0.25, 0.3) is 0 Å². The van der Waals surface area contributed by atoms with Gasteiger partial charge in [0.2, 0.25) is 0 Å². The van der Waals surface area contributed by atoms with Crippen LogP contribution in [0.3, 0.4) is 0 Å². The third-order valence-electron chi connectivity index (χ3n) is 3.83. The number of carbonyl (C=O) groups excluding carboxylic acids is 1. The molecule has 0 aromatic carbocycles. The molecule has 0 radical (unpaired) electrons. The molecule has 0 aliphatic carbocycles. The summed E-state index contributed by atoms with van der Waals surface area (Å²) in [5.41, 5.74) is 0.224. The van der Waals surface area contributed by atoms with Gasteiger partial charge in [0.1, 0.15) is 5.69 Å². The standard InChI is InChI=1S/C14H18N2O4/c1-8-10(13(18)19)4-5-11(15-8)12(17)16-14(3)6-7-20-9(14)2/h4-5,9H,6-7H2,1-3H3,(H,16,17)(H,18,19). The van der Waals surface area contributed by atoms with Gasteiger partial charge in [-0.1, -0.05) is 0 Å². The molecule has 2 atom stereocenters. The van der Waals surface area contributed by atoms with Gasteiger partial charge in [0.15, 0.2) is 0 Å². The third kappa shape index (κ3) is 2.65. The fourth-order valence-electron chi connectivity index (χ4n) is 2.24. The molecule has 0 spiro atoms. The van der Waals surface area contributed by atoms with E-state index in [-0.39, 0.29) is 23.3 Å². The Morgan fingerprint density at radius 2 is 2.20 bits per heavy atom. The maximum atomic E-state index is 12.2. The smallest absolute Gasteiger partial charge is 0.337 e. The van der Waals surface area contributed by atoms with Crippen molar-refractivity contribution < 1.29 is 19.4 Å². The zero-order chi connectivity index (χ0) is 14.9. The Kier molecular flexibility index (Phi) is 3.76. The van der Waals surface area contributed by atoms with Gasteiger partial charge in [-0.2, -0.15) is 0 Å². The number of carboxylic acid groups (broad SMARTS) is 1. The molecule has 2 unspecified atom stereocenters. The van der Waals surface area contributed by atoms with E-state index < -0.39 is 11.5 Å². The minimum atomic E-state index is -1.05. The molecular weight excluding hydrogens is 260 g/mol. The van der Waals surface area contributed by atoms with E-state index in [0.29, 0.717) is 12.3 Å². The number of carbonyl (C=O) groups is 2. The topological polar surface area (TPSA) is 88.5 Å². The van der Waals surface area contributed by atoms with Gasteiger partial charge in [0.05, 0.1) is 22.9 Å². The van der Waals surface area contributed by atoms with E-state index in [2.05, 4.69) is 10.3 Å². The van der Waals surface area contributed by atoms with Crippen molar-refractivity contribution in [1.82, 2.24) is 10.3 Å². The molecule has 1 aromatic rings. The Balaban J connectivity index is 2.18. The number of hydrogen-bond donors (Lipinski definition) is 2. The van der Waals surface area contributed by atoms with Crippen LogP contribution in [0.15, 0.2) is 12.1 Å². The number of amides is 1. The van der Waals surface area contributed by atoms with Crippen molar-refractivity contribution in [2.75, 3.05) is 6.61 Å². The van der Waals surface area contributed by atoms with Crippen molar-refractivity contribution in [2.24, 2.45) is 0 Å². The summed E-state index contributed by atoms with van der Waals surface area (Å²) < 4.78 is 5.47. The van der Waals surface area contributed by atoms with E-state index in [0.717, 1.165) is 6.42 Å². The summed E-state index contributed by atoms with van der Waals surface area (Å²) in [6.07, 6.45) is 0.678. The zero-order valence-electron chi connectivity index (χ0n) is 11.8. The lowest BCUT2D eigenvalue weighted by molar-refractivity contribution is 0.0692. The number of ether oxygens (including phenoxy) is 1. The molecule has 2 heterocycles. The van der Waals surface area contributed by atoms with E-state index in [1.807, 2.05) is 13.8 Å². The Bertz CT molecular complexity index is 558. The maximum Gasteiger partial charge on any atom is 0.337 e. The van der Waals surface area contributed by atoms with Gasteiger partial charge in [0, 0.05) is 6.61 Å². The maximum absolute atomic E-state index is 12.2. The Labute approximate surface area is 117 Å². The largest absolute Gasteiger partial charge is 0.478 e. The molecular formula is C14H18N2O4. The van der Waals surface area contributed by atoms with E-state index in [1.54, 1.807) is 6.92 Å². The molecule has 1 aliphatic heterocycles. The van der Waals surface area contributed by atoms with Gasteiger partial charge in [-0.05, 0) is 39.3 Å². The first-order valence-electron chi connectivity index (χ1n) is 6.48. The lowest BCUT2D eigenvalue weighted by Gasteiger charge is -2.28. The lowest BCUT2D eigenvalue weighted by Crippen LogP contribution is -2.50. The summed E-state index contributed by atoms with van der Waals surface area (Å²) in [7, 11) is 0. The molecule has 6 nitrogen and oxygen atoms in total. The van der Waals surface area contributed by atoms with E-state index in [9.17, 15) is 9.59 Å². The first-order valence-corrected chi connectivity index (χ1v) is 6.48. The summed E-state index contributed by atoms with van der Waals surface area (Å²) in [5.74, 6) is -1.36. The van der Waals surface area contributed by atoms with Crippen LogP contribution in [0.2, 0.25) is 0 Å². The summed E-state index contributed by atoms with van der Waals surface area (Å²) in [4.78, 5) is 27.2. The number of aryl methyl sites for hydroxylation is 1. The SMILES string of the molecule is Cc1nc(C(=O)NC2(C)CCOC2C)ccc1C(=O)O. The number of aromatic nitrogens is 1. The lowest BCUT2D eigenvalue weighted by atomic mass is 9.94. The molecule has 1 aromatic heterocycles. The molecule has 0 saturated carbocycles. The van der Waals surface area contributed by atoms with Crippen molar-refractivity contribution in [2.45, 2.75) is 38.8 Å². The number of aromatic carboxylic acids is 1. The van der Waals surface area contributed by atoms with E-state index >= 15 is 0 Å². The van der Waals surface area contributed by atoms with Crippen molar-refractivity contribution in [3.8, 4) is 0 Å². The van der Waals surface area contributed by atoms with Crippen LogP contribution < -0.4 is 5.32 Å². The highest BCUT2D eigenvalue weighted by Crippen LogP contribution is 2.25. The highest BCUT2D eigenvalue weighted by molar-refractivity contribution is 5.94. The number of nitrogens with one attached hydrogen (secondary N) is 1. The fraction of sp³-hybridized carbons (Fsp3) is 0.500. The number of pyridine rings is 1. The fourth-order valence-corrected chi connectivity index (χ4v) is 2.24. The number of rotatable bonds is 3. The predicted molar refractivity (Wildman–Crippen MR) is 71.8 cm³/mol. The van der Waals surface area contributed by atoms with Gasteiger partial charge in [-0.15, -0.1) is 0 Å². The second-order valence-electron chi connectivity index (χ2n) is 5.27.